The molecular formula is C8H21NO2. The zero-order valence-corrected chi connectivity index (χ0v) is 8.47. The number of hydrogen-bond acceptors (Lipinski definition) is 3. The molecule has 0 fully saturated rings. The first-order valence-electron chi connectivity index (χ1n) is 3.79. The number of methoxy groups -OCH3 is 1. The normalized spacial score (nSPS) is 9.64. The summed E-state index contributed by atoms with van der Waals surface area (Å²) in [5.41, 5.74) is 0. The molecule has 0 amide bonds. The molecule has 1 unspecified atom stereocenters. The zero-order valence-electron chi connectivity index (χ0n) is 8.47. The van der Waals surface area contributed by atoms with Crippen molar-refractivity contribution in [2.24, 2.45) is 0 Å². The number of aldehydes is 1. The summed E-state index contributed by atoms with van der Waals surface area (Å²) in [6.45, 7) is 5.69. The van der Waals surface area contributed by atoms with E-state index in [9.17, 15) is 4.79 Å². The first kappa shape index (κ1) is 16.9. The largest absolute Gasteiger partial charge is 0.374 e. The van der Waals surface area contributed by atoms with Crippen molar-refractivity contribution in [1.82, 2.24) is 5.32 Å². The van der Waals surface area contributed by atoms with Gasteiger partial charge in [0.1, 0.15) is 12.4 Å². The molecule has 0 radical (unpaired) electrons. The highest BCUT2D eigenvalue weighted by atomic mass is 16.5. The van der Waals surface area contributed by atoms with Crippen molar-refractivity contribution in [1.29, 1.82) is 0 Å². The molecule has 3 heteroatoms. The molecule has 0 saturated heterocycles. The number of carbonyl (C=O) groups excluding carboxylic acids is 1. The van der Waals surface area contributed by atoms with Crippen molar-refractivity contribution >= 4 is 6.29 Å². The summed E-state index contributed by atoms with van der Waals surface area (Å²) in [6.07, 6.45) is 0.505. The molecule has 0 saturated carbocycles. The number of nitrogens with one attached hydrogen (secondary N) is 1. The van der Waals surface area contributed by atoms with Crippen molar-refractivity contribution < 1.29 is 9.53 Å². The molecule has 0 aromatic heterocycles. The second kappa shape index (κ2) is 22.6. The molecule has 0 aliphatic rings. The van der Waals surface area contributed by atoms with Crippen LogP contribution in [0.25, 0.3) is 0 Å². The van der Waals surface area contributed by atoms with Crippen LogP contribution in [0.5, 0.6) is 0 Å². The second-order valence-electron chi connectivity index (χ2n) is 1.58. The Balaban J connectivity index is -0.000000109. The lowest BCUT2D eigenvalue weighted by Gasteiger charge is -1.93. The maximum atomic E-state index is 9.61. The van der Waals surface area contributed by atoms with Gasteiger partial charge in [-0.2, -0.15) is 0 Å². The van der Waals surface area contributed by atoms with Crippen molar-refractivity contribution in [3.63, 3.8) is 0 Å². The average molecular weight is 163 g/mol. The van der Waals surface area contributed by atoms with Gasteiger partial charge in [-0.1, -0.05) is 13.8 Å². The summed E-state index contributed by atoms with van der Waals surface area (Å²) >= 11 is 0. The van der Waals surface area contributed by atoms with E-state index in [4.69, 9.17) is 0 Å². The Kier molecular flexibility index (Phi) is 34.8. The third-order valence-electron chi connectivity index (χ3n) is 0.563. The number of ether oxygens (including phenoxy) is 1. The van der Waals surface area contributed by atoms with Gasteiger partial charge in [0.15, 0.2) is 0 Å². The second-order valence-corrected chi connectivity index (χ2v) is 1.58. The van der Waals surface area contributed by atoms with Crippen molar-refractivity contribution in [3.8, 4) is 0 Å². The smallest absolute Gasteiger partial charge is 0.148 e. The highest BCUT2D eigenvalue weighted by molar-refractivity contribution is 5.54. The Hall–Kier alpha value is -0.410. The molecule has 0 bridgehead atoms. The minimum absolute atomic E-state index is 0.245. The van der Waals surface area contributed by atoms with Crippen LogP contribution < -0.4 is 5.32 Å². The molecule has 0 aliphatic carbocycles. The molecule has 0 aromatic rings. The third-order valence-corrected chi connectivity index (χ3v) is 0.563. The van der Waals surface area contributed by atoms with E-state index >= 15 is 0 Å². The fraction of sp³-hybridized carbons (Fsp3) is 0.875. The molecule has 1 atom stereocenters. The summed E-state index contributed by atoms with van der Waals surface area (Å²) in [5.74, 6) is 0. The predicted octanol–water partition coefficient (Wildman–Crippen LogP) is 1.08. The highest BCUT2D eigenvalue weighted by Crippen LogP contribution is 1.75. The fourth-order valence-electron chi connectivity index (χ4n) is 0.0556. The van der Waals surface area contributed by atoms with Gasteiger partial charge in [-0.05, 0) is 21.0 Å². The van der Waals surface area contributed by atoms with Crippen LogP contribution in [0.15, 0.2) is 0 Å². The predicted molar refractivity (Wildman–Crippen MR) is 48.9 cm³/mol. The van der Waals surface area contributed by atoms with E-state index in [0.717, 1.165) is 6.29 Å². The van der Waals surface area contributed by atoms with Gasteiger partial charge >= 0.3 is 0 Å². The van der Waals surface area contributed by atoms with E-state index in [2.05, 4.69) is 10.1 Å². The molecule has 0 spiro atoms. The topological polar surface area (TPSA) is 38.3 Å². The standard InChI is InChI=1S/C4H8O2.C2H7N.C2H6/c1-4(3-5)6-2;1-3-2;1-2/h3-4H,1-2H3;3H,1-2H3;1-2H3. The summed E-state index contributed by atoms with van der Waals surface area (Å²) in [7, 11) is 5.25. The van der Waals surface area contributed by atoms with Crippen molar-refractivity contribution in [2.75, 3.05) is 21.2 Å². The number of rotatable bonds is 2. The lowest BCUT2D eigenvalue weighted by molar-refractivity contribution is -0.115. The minimum Gasteiger partial charge on any atom is -0.374 e. The van der Waals surface area contributed by atoms with Crippen LogP contribution in [0.1, 0.15) is 20.8 Å². The molecule has 1 N–H and O–H groups in total. The van der Waals surface area contributed by atoms with Gasteiger partial charge in [-0.25, -0.2) is 0 Å². The van der Waals surface area contributed by atoms with Crippen LogP contribution in [0.3, 0.4) is 0 Å². The van der Waals surface area contributed by atoms with Gasteiger partial charge < -0.3 is 14.8 Å². The van der Waals surface area contributed by atoms with Gasteiger partial charge in [0, 0.05) is 7.11 Å². The molecule has 0 aromatic carbocycles. The van der Waals surface area contributed by atoms with E-state index in [-0.39, 0.29) is 6.10 Å². The van der Waals surface area contributed by atoms with E-state index in [1.165, 1.54) is 7.11 Å². The number of carbonyl (C=O) groups is 1. The Labute approximate surface area is 70.1 Å². The van der Waals surface area contributed by atoms with E-state index in [1.54, 1.807) is 6.92 Å². The monoisotopic (exact) mass is 163 g/mol. The van der Waals surface area contributed by atoms with Crippen LogP contribution in [0.4, 0.5) is 0 Å². The van der Waals surface area contributed by atoms with E-state index in [1.807, 2.05) is 27.9 Å². The molecule has 0 heterocycles. The maximum absolute atomic E-state index is 9.61. The lowest BCUT2D eigenvalue weighted by Crippen LogP contribution is -2.04. The quantitative estimate of drug-likeness (QED) is 0.619. The Morgan fingerprint density at radius 3 is 1.64 bits per heavy atom. The van der Waals surface area contributed by atoms with Gasteiger partial charge in [0.2, 0.25) is 0 Å². The summed E-state index contributed by atoms with van der Waals surface area (Å²) in [6, 6.07) is 0. The van der Waals surface area contributed by atoms with Crippen LogP contribution in [0, 0.1) is 0 Å². The minimum atomic E-state index is -0.245. The molecule has 70 valence electrons. The number of hydrogen-bond donors (Lipinski definition) is 1. The summed E-state index contributed by atoms with van der Waals surface area (Å²) < 4.78 is 4.53. The van der Waals surface area contributed by atoms with Gasteiger partial charge in [-0.15, -0.1) is 0 Å². The van der Waals surface area contributed by atoms with Crippen LogP contribution in [-0.2, 0) is 9.53 Å². The molecule has 0 rings (SSSR count). The van der Waals surface area contributed by atoms with Crippen molar-refractivity contribution in [2.45, 2.75) is 26.9 Å². The summed E-state index contributed by atoms with van der Waals surface area (Å²) in [4.78, 5) is 9.61. The Bertz CT molecular complexity index is 58.1. The van der Waals surface area contributed by atoms with Gasteiger partial charge in [0.05, 0.1) is 0 Å². The van der Waals surface area contributed by atoms with Gasteiger partial charge in [0.25, 0.3) is 0 Å². The Morgan fingerprint density at radius 2 is 1.64 bits per heavy atom. The highest BCUT2D eigenvalue weighted by Gasteiger charge is 1.88. The van der Waals surface area contributed by atoms with Crippen LogP contribution >= 0.6 is 0 Å². The average Bonchev–Trinajstić information content (AvgIpc) is 2.08. The van der Waals surface area contributed by atoms with E-state index in [0.29, 0.717) is 0 Å². The first-order chi connectivity index (χ1) is 5.22. The van der Waals surface area contributed by atoms with Crippen molar-refractivity contribution in [3.05, 3.63) is 0 Å². The van der Waals surface area contributed by atoms with E-state index < -0.39 is 0 Å². The zero-order chi connectivity index (χ0) is 9.70. The van der Waals surface area contributed by atoms with Gasteiger partial charge in [-0.3, -0.25) is 0 Å². The lowest BCUT2D eigenvalue weighted by atomic mass is 10.5. The molecule has 11 heavy (non-hydrogen) atoms. The summed E-state index contributed by atoms with van der Waals surface area (Å²) in [5, 5.41) is 2.75. The molecule has 3 nitrogen and oxygen atoms in total. The third kappa shape index (κ3) is 42.9. The SMILES string of the molecule is CC.CNC.COC(C)C=O. The first-order valence-corrected chi connectivity index (χ1v) is 3.79. The Morgan fingerprint density at radius 1 is 1.36 bits per heavy atom. The van der Waals surface area contributed by atoms with Crippen LogP contribution in [0.2, 0.25) is 0 Å². The molecule has 0 aliphatic heterocycles. The maximum Gasteiger partial charge on any atom is 0.148 e. The fourth-order valence-corrected chi connectivity index (χ4v) is 0.0556. The molecular weight excluding hydrogens is 142 g/mol. The van der Waals surface area contributed by atoms with Crippen LogP contribution in [-0.4, -0.2) is 33.6 Å².